The van der Waals surface area contributed by atoms with Gasteiger partial charge in [0.15, 0.2) is 11.5 Å². The highest BCUT2D eigenvalue weighted by Gasteiger charge is 2.26. The van der Waals surface area contributed by atoms with Crippen LogP contribution in [0.5, 0.6) is 11.5 Å². The third kappa shape index (κ3) is 4.37. The molecule has 5 heteroatoms. The molecular formula is C17H27BrN2O2. The van der Waals surface area contributed by atoms with Crippen molar-refractivity contribution >= 4 is 15.9 Å². The van der Waals surface area contributed by atoms with Gasteiger partial charge in [0.05, 0.1) is 7.11 Å². The smallest absolute Gasteiger partial charge is 0.162 e. The molecule has 0 spiro atoms. The van der Waals surface area contributed by atoms with E-state index >= 15 is 0 Å². The number of piperazine rings is 1. The number of phenolic OH excluding ortho intramolecular Hbond substituents is 1. The van der Waals surface area contributed by atoms with Crippen LogP contribution in [0.15, 0.2) is 16.6 Å². The van der Waals surface area contributed by atoms with Crippen molar-refractivity contribution in [2.24, 2.45) is 5.92 Å². The molecule has 0 amide bonds. The number of hydrogen-bond donors (Lipinski definition) is 2. The number of hydrogen-bond acceptors (Lipinski definition) is 4. The standard InChI is InChI=1S/C17H27BrN2O2/c1-12(2)4-5-15(20-8-6-19-7-9-20)14-10-13(18)11-16(22-3)17(14)21/h10-12,15,19,21H,4-9H2,1-3H3/t15-/m0/s1. The van der Waals surface area contributed by atoms with Crippen molar-refractivity contribution in [3.63, 3.8) is 0 Å². The second kappa shape index (κ2) is 8.18. The fraction of sp³-hybridized carbons (Fsp3) is 0.647. The van der Waals surface area contributed by atoms with Crippen molar-refractivity contribution in [1.29, 1.82) is 0 Å². The largest absolute Gasteiger partial charge is 0.504 e. The number of halogens is 1. The molecule has 1 aliphatic rings. The molecule has 0 bridgehead atoms. The first-order valence-corrected chi connectivity index (χ1v) is 8.83. The van der Waals surface area contributed by atoms with Crippen molar-refractivity contribution in [2.75, 3.05) is 33.3 Å². The van der Waals surface area contributed by atoms with Gasteiger partial charge in [0.1, 0.15) is 0 Å². The van der Waals surface area contributed by atoms with Crippen molar-refractivity contribution in [3.8, 4) is 11.5 Å². The Morgan fingerprint density at radius 3 is 2.55 bits per heavy atom. The molecule has 1 aliphatic heterocycles. The highest BCUT2D eigenvalue weighted by Crippen LogP contribution is 2.41. The molecule has 0 saturated carbocycles. The predicted octanol–water partition coefficient (Wildman–Crippen LogP) is 3.55. The van der Waals surface area contributed by atoms with E-state index in [1.54, 1.807) is 7.11 Å². The topological polar surface area (TPSA) is 44.7 Å². The molecular weight excluding hydrogens is 344 g/mol. The molecule has 1 atom stereocenters. The summed E-state index contributed by atoms with van der Waals surface area (Å²) in [6.07, 6.45) is 2.19. The Morgan fingerprint density at radius 1 is 1.27 bits per heavy atom. The number of methoxy groups -OCH3 is 1. The lowest BCUT2D eigenvalue weighted by Crippen LogP contribution is -2.45. The molecule has 0 aromatic heterocycles. The van der Waals surface area contributed by atoms with Crippen LogP contribution >= 0.6 is 15.9 Å². The van der Waals surface area contributed by atoms with Crippen LogP contribution in [0.1, 0.15) is 38.3 Å². The number of nitrogens with one attached hydrogen (secondary N) is 1. The van der Waals surface area contributed by atoms with Gasteiger partial charge in [0.2, 0.25) is 0 Å². The highest BCUT2D eigenvalue weighted by atomic mass is 79.9. The van der Waals surface area contributed by atoms with Crippen LogP contribution in [-0.4, -0.2) is 43.3 Å². The Balaban J connectivity index is 2.32. The van der Waals surface area contributed by atoms with Crippen LogP contribution in [0.2, 0.25) is 0 Å². The SMILES string of the molecule is COc1cc(Br)cc([C@H](CCC(C)C)N2CCNCC2)c1O. The molecule has 2 N–H and O–H groups in total. The summed E-state index contributed by atoms with van der Waals surface area (Å²) in [5.74, 6) is 1.47. The zero-order chi connectivity index (χ0) is 16.1. The quantitative estimate of drug-likeness (QED) is 0.803. The van der Waals surface area contributed by atoms with E-state index in [4.69, 9.17) is 4.74 Å². The molecule has 1 aromatic carbocycles. The third-order valence-electron chi connectivity index (χ3n) is 4.26. The summed E-state index contributed by atoms with van der Waals surface area (Å²) >= 11 is 3.54. The maximum absolute atomic E-state index is 10.6. The Morgan fingerprint density at radius 2 is 1.95 bits per heavy atom. The van der Waals surface area contributed by atoms with Crippen molar-refractivity contribution in [3.05, 3.63) is 22.2 Å². The van der Waals surface area contributed by atoms with Gasteiger partial charge in [-0.05, 0) is 30.9 Å². The van der Waals surface area contributed by atoms with Crippen LogP contribution in [-0.2, 0) is 0 Å². The van der Waals surface area contributed by atoms with Gasteiger partial charge in [0, 0.05) is 42.3 Å². The van der Waals surface area contributed by atoms with E-state index in [0.717, 1.165) is 49.1 Å². The number of nitrogens with zero attached hydrogens (tertiary/aromatic N) is 1. The first-order chi connectivity index (χ1) is 10.5. The maximum atomic E-state index is 10.6. The third-order valence-corrected chi connectivity index (χ3v) is 4.72. The number of rotatable bonds is 6. The van der Waals surface area contributed by atoms with Crippen LogP contribution in [0.25, 0.3) is 0 Å². The van der Waals surface area contributed by atoms with Crippen molar-refractivity contribution in [1.82, 2.24) is 10.2 Å². The van der Waals surface area contributed by atoms with Crippen LogP contribution in [0, 0.1) is 5.92 Å². The summed E-state index contributed by atoms with van der Waals surface area (Å²) < 4.78 is 6.26. The summed E-state index contributed by atoms with van der Waals surface area (Å²) in [4.78, 5) is 2.47. The van der Waals surface area contributed by atoms with Crippen molar-refractivity contribution in [2.45, 2.75) is 32.7 Å². The van der Waals surface area contributed by atoms with Gasteiger partial charge in [-0.2, -0.15) is 0 Å². The fourth-order valence-electron chi connectivity index (χ4n) is 3.02. The van der Waals surface area contributed by atoms with E-state index in [-0.39, 0.29) is 11.8 Å². The minimum Gasteiger partial charge on any atom is -0.504 e. The molecule has 1 saturated heterocycles. The summed E-state index contributed by atoms with van der Waals surface area (Å²) in [6.45, 7) is 8.52. The van der Waals surface area contributed by atoms with Gasteiger partial charge in [-0.15, -0.1) is 0 Å². The zero-order valence-corrected chi connectivity index (χ0v) is 15.3. The highest BCUT2D eigenvalue weighted by molar-refractivity contribution is 9.10. The van der Waals surface area contributed by atoms with Gasteiger partial charge in [0.25, 0.3) is 0 Å². The normalized spacial score (nSPS) is 17.7. The summed E-state index contributed by atoms with van der Waals surface area (Å²) in [6, 6.07) is 4.08. The minimum absolute atomic E-state index is 0.232. The average Bonchev–Trinajstić information content (AvgIpc) is 2.51. The summed E-state index contributed by atoms with van der Waals surface area (Å²) in [7, 11) is 1.60. The molecule has 0 aliphatic carbocycles. The lowest BCUT2D eigenvalue weighted by molar-refractivity contribution is 0.156. The molecule has 1 fully saturated rings. The second-order valence-corrected chi connectivity index (χ2v) is 7.23. The monoisotopic (exact) mass is 370 g/mol. The Bertz CT molecular complexity index is 488. The summed E-state index contributed by atoms with van der Waals surface area (Å²) in [5, 5.41) is 14.0. The molecule has 0 unspecified atom stereocenters. The van der Waals surface area contributed by atoms with Crippen molar-refractivity contribution < 1.29 is 9.84 Å². The molecule has 0 radical (unpaired) electrons. The predicted molar refractivity (Wildman–Crippen MR) is 93.6 cm³/mol. The molecule has 1 heterocycles. The number of aromatic hydroxyl groups is 1. The molecule has 124 valence electrons. The van der Waals surface area contributed by atoms with E-state index in [0.29, 0.717) is 11.7 Å². The maximum Gasteiger partial charge on any atom is 0.162 e. The molecule has 1 aromatic rings. The first-order valence-electron chi connectivity index (χ1n) is 8.04. The Hall–Kier alpha value is -0.780. The Labute approximate surface area is 142 Å². The van der Waals surface area contributed by atoms with E-state index in [1.165, 1.54) is 0 Å². The first kappa shape index (κ1) is 17.6. The van der Waals surface area contributed by atoms with Gasteiger partial charge in [-0.3, -0.25) is 4.90 Å². The lowest BCUT2D eigenvalue weighted by atomic mass is 9.95. The van der Waals surface area contributed by atoms with Crippen LogP contribution in [0.4, 0.5) is 0 Å². The lowest BCUT2D eigenvalue weighted by Gasteiger charge is -2.36. The zero-order valence-electron chi connectivity index (χ0n) is 13.7. The van der Waals surface area contributed by atoms with E-state index in [1.807, 2.05) is 12.1 Å². The van der Waals surface area contributed by atoms with Gasteiger partial charge >= 0.3 is 0 Å². The van der Waals surface area contributed by atoms with Gasteiger partial charge in [-0.1, -0.05) is 29.8 Å². The number of ether oxygens (including phenoxy) is 1. The molecule has 22 heavy (non-hydrogen) atoms. The van der Waals surface area contributed by atoms with Gasteiger partial charge < -0.3 is 15.2 Å². The van der Waals surface area contributed by atoms with Crippen LogP contribution in [0.3, 0.4) is 0 Å². The second-order valence-electron chi connectivity index (χ2n) is 6.32. The Kier molecular flexibility index (Phi) is 6.53. The van der Waals surface area contributed by atoms with Crippen LogP contribution < -0.4 is 10.1 Å². The average molecular weight is 371 g/mol. The van der Waals surface area contributed by atoms with E-state index < -0.39 is 0 Å². The number of phenols is 1. The van der Waals surface area contributed by atoms with Gasteiger partial charge in [-0.25, -0.2) is 0 Å². The number of benzene rings is 1. The summed E-state index contributed by atoms with van der Waals surface area (Å²) in [5.41, 5.74) is 0.966. The fourth-order valence-corrected chi connectivity index (χ4v) is 3.48. The van der Waals surface area contributed by atoms with E-state index in [2.05, 4.69) is 40.0 Å². The molecule has 4 nitrogen and oxygen atoms in total. The van der Waals surface area contributed by atoms with E-state index in [9.17, 15) is 5.11 Å². The minimum atomic E-state index is 0.232. The molecule has 2 rings (SSSR count).